The molecule has 0 aromatic heterocycles. The predicted octanol–water partition coefficient (Wildman–Crippen LogP) is 2.02. The van der Waals surface area contributed by atoms with Gasteiger partial charge >= 0.3 is 31.6 Å². The van der Waals surface area contributed by atoms with Crippen LogP contribution < -0.4 is 20.5 Å². The lowest BCUT2D eigenvalue weighted by molar-refractivity contribution is -0.141. The van der Waals surface area contributed by atoms with E-state index >= 15 is 0 Å². The molecule has 0 spiro atoms. The molecule has 1 aliphatic heterocycles. The van der Waals surface area contributed by atoms with Gasteiger partial charge in [-0.2, -0.15) is 0 Å². The molecule has 2 aromatic rings. The van der Waals surface area contributed by atoms with Crippen molar-refractivity contribution < 1.29 is 68.2 Å². The molecule has 1 heterocycles. The van der Waals surface area contributed by atoms with Gasteiger partial charge in [0, 0.05) is 41.6 Å². The van der Waals surface area contributed by atoms with Crippen molar-refractivity contribution in [2.45, 2.75) is 30.8 Å². The third-order valence-corrected chi connectivity index (χ3v) is 8.52. The van der Waals surface area contributed by atoms with E-state index in [1.807, 2.05) is 0 Å². The van der Waals surface area contributed by atoms with Crippen LogP contribution in [0.5, 0.6) is 11.5 Å². The Hall–Kier alpha value is -5.13. The van der Waals surface area contributed by atoms with Crippen molar-refractivity contribution in [3.63, 3.8) is 0 Å². The minimum absolute atomic E-state index is 0.105. The molecule has 4 rings (SSSR count). The van der Waals surface area contributed by atoms with E-state index in [9.17, 15) is 53.9 Å². The maximum atomic E-state index is 12.5. The number of fused-ring (bicyclic) bond motifs is 2. The summed E-state index contributed by atoms with van der Waals surface area (Å²) in [6, 6.07) is 5.01. The summed E-state index contributed by atoms with van der Waals surface area (Å²) in [4.78, 5) is 68.4. The number of ether oxygens (including phenoxy) is 1. The van der Waals surface area contributed by atoms with Crippen LogP contribution in [0.4, 0.5) is 5.69 Å². The Labute approximate surface area is 276 Å². The smallest absolute Gasteiger partial charge is 0.403 e. The molecule has 0 bridgehead atoms. The van der Waals surface area contributed by atoms with E-state index in [4.69, 9.17) is 26.6 Å². The number of aromatic hydroxyl groups is 1. The lowest BCUT2D eigenvalue weighted by Crippen LogP contribution is -2.46. The van der Waals surface area contributed by atoms with E-state index in [1.165, 1.54) is 42.5 Å². The fourth-order valence-electron chi connectivity index (χ4n) is 5.01. The molecule has 254 valence electrons. The van der Waals surface area contributed by atoms with Gasteiger partial charge in [-0.25, -0.2) is 19.2 Å². The van der Waals surface area contributed by atoms with Gasteiger partial charge < -0.3 is 45.8 Å². The first-order chi connectivity index (χ1) is 22.5. The first-order valence-electron chi connectivity index (χ1n) is 13.9. The molecule has 0 fully saturated rings. The molecule has 17 nitrogen and oxygen atoms in total. The predicted molar refractivity (Wildman–Crippen MR) is 168 cm³/mol. The van der Waals surface area contributed by atoms with Gasteiger partial charge in [-0.3, -0.25) is 18.9 Å². The highest BCUT2D eigenvalue weighted by Crippen LogP contribution is 2.49. The van der Waals surface area contributed by atoms with Gasteiger partial charge in [0.1, 0.15) is 23.3 Å². The number of carbonyl (C=O) groups excluding carboxylic acids is 1. The second kappa shape index (κ2) is 14.7. The van der Waals surface area contributed by atoms with Crippen LogP contribution in [0.15, 0.2) is 60.4 Å². The lowest BCUT2D eigenvalue weighted by atomic mass is 9.74. The number of phenols is 1. The summed E-state index contributed by atoms with van der Waals surface area (Å²) in [6.45, 7) is -1.01. The number of carboxylic acid groups (broad SMARTS) is 4. The number of nitrogens with one attached hydrogen (secondary N) is 3. The van der Waals surface area contributed by atoms with Gasteiger partial charge in [0.2, 0.25) is 0 Å². The second-order valence-corrected chi connectivity index (χ2v) is 12.5. The minimum atomic E-state index is -4.95. The first-order valence-corrected chi connectivity index (χ1v) is 15.8. The van der Waals surface area contributed by atoms with Gasteiger partial charge in [-0.15, -0.1) is 0 Å². The zero-order valence-corrected chi connectivity index (χ0v) is 26.1. The molecule has 19 heteroatoms. The van der Waals surface area contributed by atoms with Crippen LogP contribution in [0.25, 0.3) is 0 Å². The Morgan fingerprint density at radius 2 is 1.69 bits per heavy atom. The molecule has 9 N–H and O–H groups in total. The number of hydrogen-bond donors (Lipinski definition) is 9. The molecular formula is C29H28N3O14PS. The van der Waals surface area contributed by atoms with Crippen LogP contribution in [0.3, 0.4) is 0 Å². The largest absolute Gasteiger partial charge is 0.508 e. The van der Waals surface area contributed by atoms with E-state index in [2.05, 4.69) is 10.6 Å². The van der Waals surface area contributed by atoms with Crippen molar-refractivity contribution in [1.29, 1.82) is 0 Å². The maximum Gasteiger partial charge on any atom is 0.403 e. The number of aromatic carboxylic acids is 1. The summed E-state index contributed by atoms with van der Waals surface area (Å²) in [7, 11) is -4.95. The Kier molecular flexibility index (Phi) is 11.0. The zero-order chi connectivity index (χ0) is 35.3. The molecule has 3 unspecified atom stereocenters. The highest BCUT2D eigenvalue weighted by atomic mass is 32.1. The Balaban J connectivity index is 1.51. The molecule has 2 aliphatic rings. The standard InChI is InChI=1S/C29H28N3O14PS/c33-14-2-5-17-22(10-14)46-23-11-15(34)3-6-18(23)25(17)16-4-1-13(9-19(16)26(37)38)30-29(48)31-21(28(41)42)12-45-47(43,44)32-20(27(39)40)7-8-24(35)36/h1-6,9-11,17,20-21,25,34H,7-8,12H2,(H,35,36)(H,37,38)(H,39,40)(H,41,42)(H2,30,31,48)(H2,32,43,44)/t17?,20-,21-,25?/m0/s1. The zero-order valence-electron chi connectivity index (χ0n) is 24.4. The van der Waals surface area contributed by atoms with Crippen molar-refractivity contribution in [2.24, 2.45) is 5.92 Å². The van der Waals surface area contributed by atoms with Crippen LogP contribution in [0, 0.1) is 5.92 Å². The topological polar surface area (TPSA) is 278 Å². The van der Waals surface area contributed by atoms with Crippen LogP contribution in [-0.4, -0.2) is 83.9 Å². The quantitative estimate of drug-likeness (QED) is 0.100. The molecule has 5 atom stereocenters. The number of phenolic OH excluding ortho intramolecular Hbond substituents is 1. The number of benzene rings is 2. The normalized spacial score (nSPS) is 18.9. The summed E-state index contributed by atoms with van der Waals surface area (Å²) in [6.07, 6.45) is 3.01. The van der Waals surface area contributed by atoms with Gasteiger partial charge in [-0.05, 0) is 48.5 Å². The average Bonchev–Trinajstić information content (AvgIpc) is 2.99. The Morgan fingerprint density at radius 1 is 1.00 bits per heavy atom. The fourth-order valence-corrected chi connectivity index (χ4v) is 6.33. The van der Waals surface area contributed by atoms with Crippen molar-refractivity contribution >= 4 is 60.4 Å². The average molecular weight is 706 g/mol. The molecule has 0 amide bonds. The van der Waals surface area contributed by atoms with Gasteiger partial charge in [0.05, 0.1) is 12.2 Å². The summed E-state index contributed by atoms with van der Waals surface area (Å²) in [5.41, 5.74) is 0.799. The van der Waals surface area contributed by atoms with Gasteiger partial charge in [-0.1, -0.05) is 18.2 Å². The monoisotopic (exact) mass is 705 g/mol. The van der Waals surface area contributed by atoms with Gasteiger partial charge in [0.25, 0.3) is 0 Å². The number of rotatable bonds is 14. The molecule has 1 aliphatic carbocycles. The van der Waals surface area contributed by atoms with E-state index < -0.39 is 75.0 Å². The van der Waals surface area contributed by atoms with Crippen molar-refractivity contribution in [2.75, 3.05) is 11.9 Å². The number of aliphatic carboxylic acids is 3. The molecular weight excluding hydrogens is 677 g/mol. The maximum absolute atomic E-state index is 12.5. The van der Waals surface area contributed by atoms with Crippen LogP contribution in [-0.2, 0) is 28.3 Å². The Morgan fingerprint density at radius 3 is 2.33 bits per heavy atom. The van der Waals surface area contributed by atoms with Crippen LogP contribution in [0.2, 0.25) is 0 Å². The molecule has 48 heavy (non-hydrogen) atoms. The fraction of sp³-hybridized carbons (Fsp3) is 0.241. The third kappa shape index (κ3) is 8.81. The van der Waals surface area contributed by atoms with E-state index in [0.29, 0.717) is 11.1 Å². The number of ketones is 1. The number of anilines is 1. The molecule has 0 radical (unpaired) electrons. The highest BCUT2D eigenvalue weighted by molar-refractivity contribution is 7.80. The SMILES string of the molecule is O=C1C=CC2C(=C1)Oc1cc(O)ccc1C2c1ccc(NC(=S)N[C@@H](COP(=O)(O)N[C@@H](CCC(=O)O)C(=O)O)C(=O)O)cc1C(=O)O. The first kappa shape index (κ1) is 35.7. The van der Waals surface area contributed by atoms with Crippen LogP contribution >= 0.6 is 20.0 Å². The Bertz CT molecular complexity index is 1790. The lowest BCUT2D eigenvalue weighted by Gasteiger charge is -2.35. The van der Waals surface area contributed by atoms with E-state index in [0.717, 1.165) is 0 Å². The second-order valence-electron chi connectivity index (χ2n) is 10.5. The van der Waals surface area contributed by atoms with Gasteiger partial charge in [0.15, 0.2) is 16.9 Å². The number of carboxylic acids is 4. The van der Waals surface area contributed by atoms with Crippen molar-refractivity contribution in [3.8, 4) is 11.5 Å². The minimum Gasteiger partial charge on any atom is -0.508 e. The summed E-state index contributed by atoms with van der Waals surface area (Å²) in [5.74, 6) is -7.06. The number of hydrogen-bond acceptors (Lipinski definition) is 10. The molecule has 0 saturated heterocycles. The highest BCUT2D eigenvalue weighted by Gasteiger charge is 2.38. The van der Waals surface area contributed by atoms with Crippen molar-refractivity contribution in [3.05, 3.63) is 77.1 Å². The summed E-state index contributed by atoms with van der Waals surface area (Å²) < 4.78 is 23.0. The third-order valence-electron chi connectivity index (χ3n) is 7.16. The number of allylic oxidation sites excluding steroid dienone is 3. The van der Waals surface area contributed by atoms with E-state index in [-0.39, 0.29) is 39.4 Å². The molecule has 0 saturated carbocycles. The number of carbonyl (C=O) groups is 5. The summed E-state index contributed by atoms with van der Waals surface area (Å²) in [5, 5.41) is 54.1. The van der Waals surface area contributed by atoms with Crippen LogP contribution in [0.1, 0.15) is 40.2 Å². The van der Waals surface area contributed by atoms with E-state index in [1.54, 1.807) is 17.2 Å². The summed E-state index contributed by atoms with van der Waals surface area (Å²) >= 11 is 5.16. The number of thiocarbonyl (C=S) groups is 1. The van der Waals surface area contributed by atoms with Crippen molar-refractivity contribution in [1.82, 2.24) is 10.4 Å². The molecule has 2 aromatic carbocycles.